The van der Waals surface area contributed by atoms with Crippen molar-refractivity contribution >= 4 is 24.3 Å². The Morgan fingerprint density at radius 3 is 1.96 bits per heavy atom. The van der Waals surface area contributed by atoms with Gasteiger partial charge < -0.3 is 72.3 Å². The first-order chi connectivity index (χ1) is 49.9. The lowest BCUT2D eigenvalue weighted by atomic mass is 9.32. The number of allylic oxidation sites excluding steroid dienone is 2. The SMILES string of the molecule is CC[C@]1(C)OC2C(O1)[C@H](OC1C(C)C(NC(=O)CCCCCNC(=O)OC(C)(C)C)[C@H](COCc3ccccc3)O[C@H]1OC(=O)C13CCC(C)(C)CC1C1=CCC4C5(C)CC[C@H](C)[C@](C)(C=O)[C@@H]5CC[C@]4(C)[C@]1(C)C[C@@H]3C)O[C@H](C)C2O[C@@H]1OCC(OCc2ccccc2)C(OCc2ccccc2)C1C. The number of unbranched alkanes of at least 4 members (excludes halogenated alkanes) is 2. The highest BCUT2D eigenvalue weighted by Crippen LogP contribution is 2.77. The van der Waals surface area contributed by atoms with Crippen molar-refractivity contribution in [3.8, 4) is 0 Å². The Kier molecular flexibility index (Phi) is 24.3. The second kappa shape index (κ2) is 32.1. The number of fused-ring (bicyclic) bond motifs is 8. The molecule has 580 valence electrons. The number of ether oxygens (including phenoxy) is 12. The van der Waals surface area contributed by atoms with E-state index in [-0.39, 0.29) is 82.9 Å². The second-order valence-electron chi connectivity index (χ2n) is 36.1. The third kappa shape index (κ3) is 16.3. The monoisotopic (exact) mass is 1450 g/mol. The number of alkyl carbamates (subject to hydrolysis) is 1. The molecule has 0 radical (unpaired) electrons. The van der Waals surface area contributed by atoms with Crippen molar-refractivity contribution < 1.29 is 76.0 Å². The topological polar surface area (TPSA) is 203 Å². The maximum atomic E-state index is 16.8. The van der Waals surface area contributed by atoms with Crippen molar-refractivity contribution in [3.05, 3.63) is 119 Å². The minimum atomic E-state index is -1.31. The predicted molar refractivity (Wildman–Crippen MR) is 399 cm³/mol. The van der Waals surface area contributed by atoms with Crippen LogP contribution in [0.4, 0.5) is 4.79 Å². The zero-order valence-corrected chi connectivity index (χ0v) is 66.0. The number of esters is 1. The molecule has 3 aromatic carbocycles. The van der Waals surface area contributed by atoms with Crippen LogP contribution in [0.25, 0.3) is 0 Å². The van der Waals surface area contributed by atoms with Gasteiger partial charge in [0.05, 0.1) is 56.7 Å². The van der Waals surface area contributed by atoms with Crippen molar-refractivity contribution in [2.75, 3.05) is 19.8 Å². The molecule has 5 aliphatic carbocycles. The Morgan fingerprint density at radius 2 is 1.30 bits per heavy atom. The fourth-order valence-electron chi connectivity index (χ4n) is 21.2. The van der Waals surface area contributed by atoms with Gasteiger partial charge in [0, 0.05) is 30.2 Å². The van der Waals surface area contributed by atoms with Crippen LogP contribution in [0.3, 0.4) is 0 Å². The standard InChI is InChI=1S/C87H126N2O16/c1-17-86(16)103-73-72(101-75-57(5)70(96-50-61-34-26-20-27-35-61)65(52-97-75)95-49-60-32-24-19-25-33-60)58(6)98-77(74(73)104-86)100-71-56(4)69(89-68(91)36-28-21-29-45-88-79(93)105-80(7,8)9)64(51-94-48-59-30-22-18-23-31-59)99-76(71)102-78(92)87-44-43-81(10,11)47-63(87)62-37-38-67-82(12)41-39-54(2)83(13,53-90)66(82)40-42-84(67,14)85(62,15)46-55(87)3/h18-20,22-27,30-35,37,53-58,63-67,69-77H,17,21,28-29,36,38-52H2,1-16H3,(H,88,93)(H,89,91)/t54-,55-,56?,57?,58+,63?,64-,65?,66+,67?,69?,70?,71?,72?,73?,74?,75-,76-,77-,82?,83-,84-,85+,86+,87?/m0/s1. The average molecular weight is 1460 g/mol. The predicted octanol–water partition coefficient (Wildman–Crippen LogP) is 16.1. The van der Waals surface area contributed by atoms with Gasteiger partial charge in [-0.2, -0.15) is 0 Å². The van der Waals surface area contributed by atoms with E-state index in [4.69, 9.17) is 56.8 Å². The Bertz CT molecular complexity index is 3460. The van der Waals surface area contributed by atoms with Crippen LogP contribution in [-0.4, -0.2) is 129 Å². The summed E-state index contributed by atoms with van der Waals surface area (Å²) in [6.45, 7) is 36.4. The van der Waals surface area contributed by atoms with E-state index in [1.165, 1.54) is 11.9 Å². The van der Waals surface area contributed by atoms with E-state index in [9.17, 15) is 14.4 Å². The van der Waals surface area contributed by atoms with Gasteiger partial charge in [-0.1, -0.05) is 185 Å². The van der Waals surface area contributed by atoms with E-state index >= 15 is 4.79 Å². The number of aldehydes is 1. The van der Waals surface area contributed by atoms with Gasteiger partial charge in [-0.15, -0.1) is 0 Å². The summed E-state index contributed by atoms with van der Waals surface area (Å²) in [5.74, 6) is -1.65. The Morgan fingerprint density at radius 1 is 0.657 bits per heavy atom. The molecule has 0 aromatic heterocycles. The van der Waals surface area contributed by atoms with E-state index in [0.29, 0.717) is 69.6 Å². The lowest BCUT2D eigenvalue weighted by molar-refractivity contribution is -0.354. The van der Waals surface area contributed by atoms with Crippen molar-refractivity contribution in [1.82, 2.24) is 10.6 Å². The minimum absolute atomic E-state index is 0.0147. The Labute approximate surface area is 626 Å². The van der Waals surface area contributed by atoms with E-state index < -0.39 is 103 Å². The number of carbonyl (C=O) groups excluding carboxylic acids is 4. The molecule has 3 aromatic rings. The molecule has 18 nitrogen and oxygen atoms in total. The van der Waals surface area contributed by atoms with E-state index in [1.807, 2.05) is 127 Å². The van der Waals surface area contributed by atoms with Gasteiger partial charge in [-0.25, -0.2) is 4.79 Å². The molecule has 18 heteroatoms. The molecule has 4 saturated heterocycles. The smallest absolute Gasteiger partial charge is 0.407 e. The van der Waals surface area contributed by atoms with Crippen molar-refractivity contribution in [2.24, 2.45) is 73.9 Å². The molecular weight excluding hydrogens is 1330 g/mol. The molecule has 4 saturated carbocycles. The van der Waals surface area contributed by atoms with Crippen LogP contribution in [0.5, 0.6) is 0 Å². The van der Waals surface area contributed by atoms with Crippen LogP contribution >= 0.6 is 0 Å². The van der Waals surface area contributed by atoms with Gasteiger partial charge in [0.1, 0.15) is 48.5 Å². The van der Waals surface area contributed by atoms with Crippen molar-refractivity contribution in [2.45, 2.75) is 306 Å². The van der Waals surface area contributed by atoms with Gasteiger partial charge in [-0.3, -0.25) is 9.59 Å². The maximum Gasteiger partial charge on any atom is 0.407 e. The van der Waals surface area contributed by atoms with Gasteiger partial charge in [0.15, 0.2) is 18.4 Å². The molecule has 2 N–H and O–H groups in total. The van der Waals surface area contributed by atoms with Crippen LogP contribution in [0, 0.1) is 73.9 Å². The summed E-state index contributed by atoms with van der Waals surface area (Å²) in [4.78, 5) is 57.1. The minimum Gasteiger partial charge on any atom is -0.444 e. The number of nitrogens with one attached hydrogen (secondary N) is 2. The van der Waals surface area contributed by atoms with Gasteiger partial charge in [0.2, 0.25) is 12.2 Å². The molecule has 2 amide bonds. The van der Waals surface area contributed by atoms with E-state index in [1.54, 1.807) is 0 Å². The summed E-state index contributed by atoms with van der Waals surface area (Å²) in [7, 11) is 0. The molecule has 13 unspecified atom stereocenters. The Balaban J connectivity index is 0.851. The van der Waals surface area contributed by atoms with Gasteiger partial charge >= 0.3 is 12.1 Å². The molecule has 25 atom stereocenters. The second-order valence-corrected chi connectivity index (χ2v) is 36.1. The van der Waals surface area contributed by atoms with Crippen LogP contribution in [-0.2, 0) is 91.0 Å². The summed E-state index contributed by atoms with van der Waals surface area (Å²) in [6, 6.07) is 29.5. The summed E-state index contributed by atoms with van der Waals surface area (Å²) in [5.41, 5.74) is 2.17. The summed E-state index contributed by atoms with van der Waals surface area (Å²) in [5, 5.41) is 6.24. The maximum absolute atomic E-state index is 16.8. The molecular formula is C87H126N2O16. The summed E-state index contributed by atoms with van der Waals surface area (Å²) >= 11 is 0. The zero-order chi connectivity index (χ0) is 75.1. The number of benzene rings is 3. The zero-order valence-electron chi connectivity index (χ0n) is 66.0. The molecule has 4 aliphatic heterocycles. The van der Waals surface area contributed by atoms with Crippen LogP contribution < -0.4 is 10.6 Å². The summed E-state index contributed by atoms with van der Waals surface area (Å²) < 4.78 is 82.8. The number of rotatable bonds is 25. The highest BCUT2D eigenvalue weighted by atomic mass is 16.8. The third-order valence-electron chi connectivity index (χ3n) is 27.7. The molecule has 0 bridgehead atoms. The number of hydrogen-bond acceptors (Lipinski definition) is 16. The number of hydrogen-bond donors (Lipinski definition) is 2. The molecule has 9 aliphatic rings. The van der Waals surface area contributed by atoms with Crippen molar-refractivity contribution in [1.29, 1.82) is 0 Å². The number of carbonyl (C=O) groups is 4. The molecule has 4 heterocycles. The normalized spacial score (nSPS) is 40.6. The van der Waals surface area contributed by atoms with Gasteiger partial charge in [0.25, 0.3) is 0 Å². The third-order valence-corrected chi connectivity index (χ3v) is 27.7. The summed E-state index contributed by atoms with van der Waals surface area (Å²) in [6.07, 6.45) is 5.42. The lowest BCUT2D eigenvalue weighted by Gasteiger charge is -2.72. The van der Waals surface area contributed by atoms with Crippen LogP contribution in [0.2, 0.25) is 0 Å². The first kappa shape index (κ1) is 79.4. The molecule has 12 rings (SSSR count). The highest BCUT2D eigenvalue weighted by Gasteiger charge is 2.72. The van der Waals surface area contributed by atoms with Crippen molar-refractivity contribution in [3.63, 3.8) is 0 Å². The molecule has 0 spiro atoms. The fourth-order valence-corrected chi connectivity index (χ4v) is 21.2. The molecule has 105 heavy (non-hydrogen) atoms. The molecule has 8 fully saturated rings. The first-order valence-electron chi connectivity index (χ1n) is 40.0. The fraction of sp³-hybridized carbons (Fsp3) is 0.724. The van der Waals surface area contributed by atoms with Crippen LogP contribution in [0.15, 0.2) is 103 Å². The first-order valence-corrected chi connectivity index (χ1v) is 40.0. The van der Waals surface area contributed by atoms with Crippen LogP contribution in [0.1, 0.15) is 217 Å². The lowest BCUT2D eigenvalue weighted by Crippen LogP contribution is -2.67. The highest BCUT2D eigenvalue weighted by molar-refractivity contribution is 5.80. The average Bonchev–Trinajstić information content (AvgIpc) is 0.913. The van der Waals surface area contributed by atoms with E-state index in [2.05, 4.69) is 91.2 Å². The van der Waals surface area contributed by atoms with E-state index in [0.717, 1.165) is 68.1 Å². The Hall–Kier alpha value is -5.12. The number of amides is 2. The van der Waals surface area contributed by atoms with Gasteiger partial charge in [-0.05, 0) is 180 Å². The largest absolute Gasteiger partial charge is 0.444 e. The quantitative estimate of drug-likeness (QED) is 0.0350.